The molecule has 0 N–H and O–H groups in total. The maximum Gasteiger partial charge on any atom is 0.161 e. The van der Waals surface area contributed by atoms with Gasteiger partial charge in [0.15, 0.2) is 5.78 Å². The zero-order valence-corrected chi connectivity index (χ0v) is 23.1. The van der Waals surface area contributed by atoms with Crippen LogP contribution >= 0.6 is 23.5 Å². The average molecular weight is 541 g/mol. The van der Waals surface area contributed by atoms with E-state index in [1.807, 2.05) is 6.08 Å². The van der Waals surface area contributed by atoms with Crippen molar-refractivity contribution in [3.8, 4) is 0 Å². The van der Waals surface area contributed by atoms with E-state index >= 15 is 0 Å². The molecule has 190 valence electrons. The van der Waals surface area contributed by atoms with Gasteiger partial charge >= 0.3 is 0 Å². The standard InChI is InChI=1S/C36H28OS2/c37-29-23-28(24-13-5-1-6-14-24)35(27-19-11-4-12-20-27)32(29)33-30(25-15-7-2-8-16-25)31(26-17-9-3-10-18-26)34(35)36(33)38-21-22-39-36/h1-20,23,32-34H,21-22H2/t32-,33-,34-,35-/m0/s1. The molecule has 0 radical (unpaired) electrons. The summed E-state index contributed by atoms with van der Waals surface area (Å²) in [6.07, 6.45) is 2.01. The third-order valence-corrected chi connectivity index (χ3v) is 13.0. The van der Waals surface area contributed by atoms with Crippen molar-refractivity contribution in [2.75, 3.05) is 11.5 Å². The number of carbonyl (C=O) groups excluding carboxylic acids is 1. The summed E-state index contributed by atoms with van der Waals surface area (Å²) < 4.78 is -0.0825. The van der Waals surface area contributed by atoms with E-state index in [4.69, 9.17) is 0 Å². The zero-order valence-electron chi connectivity index (χ0n) is 21.5. The molecular weight excluding hydrogens is 513 g/mol. The van der Waals surface area contributed by atoms with E-state index in [9.17, 15) is 4.79 Å². The molecule has 1 heterocycles. The van der Waals surface area contributed by atoms with Crippen LogP contribution in [0.25, 0.3) is 16.7 Å². The molecule has 4 aliphatic rings. The summed E-state index contributed by atoms with van der Waals surface area (Å²) in [6.45, 7) is 0. The fraction of sp³-hybridized carbons (Fsp3) is 0.194. The van der Waals surface area contributed by atoms with Gasteiger partial charge in [0.05, 0.1) is 4.08 Å². The SMILES string of the molecule is O=C1C=C(c2ccccc2)[C@]2(c3ccccc3)[C@@H]3C(c4ccccc4)=C(c4ccccc4)[C@@H]([C@H]12)C31SCCS1. The average Bonchev–Trinajstić information content (AvgIpc) is 3.74. The summed E-state index contributed by atoms with van der Waals surface area (Å²) in [4.78, 5) is 14.5. The second-order valence-corrected chi connectivity index (χ2v) is 13.9. The number of fused-ring (bicyclic) bond motifs is 3. The molecule has 2 fully saturated rings. The lowest BCUT2D eigenvalue weighted by molar-refractivity contribution is -0.119. The minimum absolute atomic E-state index is 0.0825. The second-order valence-electron chi connectivity index (χ2n) is 10.9. The molecule has 0 unspecified atom stereocenters. The lowest BCUT2D eigenvalue weighted by Crippen LogP contribution is -2.42. The van der Waals surface area contributed by atoms with Crippen molar-refractivity contribution in [3.05, 3.63) is 150 Å². The lowest BCUT2D eigenvalue weighted by Gasteiger charge is -2.44. The first kappa shape index (κ1) is 23.6. The molecule has 2 bridgehead atoms. The molecule has 3 heteroatoms. The maximum atomic E-state index is 14.5. The van der Waals surface area contributed by atoms with E-state index in [2.05, 4.69) is 145 Å². The van der Waals surface area contributed by atoms with Crippen LogP contribution in [0.4, 0.5) is 0 Å². The number of benzene rings is 4. The summed E-state index contributed by atoms with van der Waals surface area (Å²) in [5.41, 5.74) is 8.60. The van der Waals surface area contributed by atoms with Crippen LogP contribution < -0.4 is 0 Å². The highest BCUT2D eigenvalue weighted by Gasteiger charge is 2.78. The summed E-state index contributed by atoms with van der Waals surface area (Å²) in [7, 11) is 0. The van der Waals surface area contributed by atoms with E-state index in [0.717, 1.165) is 11.5 Å². The fourth-order valence-electron chi connectivity index (χ4n) is 8.19. The van der Waals surface area contributed by atoms with Crippen LogP contribution in [-0.4, -0.2) is 21.4 Å². The normalized spacial score (nSPS) is 28.3. The van der Waals surface area contributed by atoms with Crippen LogP contribution in [0.2, 0.25) is 0 Å². The molecule has 4 atom stereocenters. The largest absolute Gasteiger partial charge is 0.294 e. The van der Waals surface area contributed by atoms with Gasteiger partial charge < -0.3 is 0 Å². The number of hydrogen-bond donors (Lipinski definition) is 0. The van der Waals surface area contributed by atoms with Crippen molar-refractivity contribution < 1.29 is 4.79 Å². The van der Waals surface area contributed by atoms with Gasteiger partial charge in [-0.3, -0.25) is 4.79 Å². The number of carbonyl (C=O) groups is 1. The first-order valence-corrected chi connectivity index (χ1v) is 15.7. The number of allylic oxidation sites excluding steroid dienone is 4. The van der Waals surface area contributed by atoms with E-state index in [-0.39, 0.29) is 21.8 Å². The highest BCUT2D eigenvalue weighted by atomic mass is 32.2. The van der Waals surface area contributed by atoms with E-state index in [1.165, 1.54) is 39.0 Å². The van der Waals surface area contributed by atoms with Gasteiger partial charge in [-0.1, -0.05) is 121 Å². The van der Waals surface area contributed by atoms with Crippen molar-refractivity contribution in [1.82, 2.24) is 0 Å². The topological polar surface area (TPSA) is 17.1 Å². The summed E-state index contributed by atoms with van der Waals surface area (Å²) >= 11 is 4.24. The Labute approximate surface area is 238 Å². The van der Waals surface area contributed by atoms with Gasteiger partial charge in [-0.15, -0.1) is 23.5 Å². The third kappa shape index (κ3) is 3.09. The molecule has 1 saturated heterocycles. The van der Waals surface area contributed by atoms with Crippen LogP contribution in [0.5, 0.6) is 0 Å². The molecule has 0 amide bonds. The van der Waals surface area contributed by atoms with Crippen LogP contribution in [0.15, 0.2) is 127 Å². The number of thioether (sulfide) groups is 2. The summed E-state index contributed by atoms with van der Waals surface area (Å²) in [5.74, 6) is 2.70. The smallest absolute Gasteiger partial charge is 0.161 e. The Kier molecular flexibility index (Phi) is 5.37. The first-order chi connectivity index (χ1) is 19.3. The minimum Gasteiger partial charge on any atom is -0.294 e. The maximum absolute atomic E-state index is 14.5. The zero-order chi connectivity index (χ0) is 26.0. The van der Waals surface area contributed by atoms with Crippen LogP contribution in [0.3, 0.4) is 0 Å². The van der Waals surface area contributed by atoms with Crippen molar-refractivity contribution in [3.63, 3.8) is 0 Å². The van der Waals surface area contributed by atoms with Crippen molar-refractivity contribution >= 4 is 46.0 Å². The van der Waals surface area contributed by atoms with Gasteiger partial charge in [-0.25, -0.2) is 0 Å². The molecular formula is C36H28OS2. The number of rotatable bonds is 4. The Morgan fingerprint density at radius 1 is 0.564 bits per heavy atom. The Hall–Kier alpha value is -3.27. The molecule has 39 heavy (non-hydrogen) atoms. The van der Waals surface area contributed by atoms with E-state index in [0.29, 0.717) is 5.78 Å². The van der Waals surface area contributed by atoms with Gasteiger partial charge in [-0.05, 0) is 45.0 Å². The molecule has 1 saturated carbocycles. The molecule has 4 aromatic rings. The van der Waals surface area contributed by atoms with E-state index in [1.54, 1.807) is 0 Å². The molecule has 0 aromatic heterocycles. The van der Waals surface area contributed by atoms with E-state index < -0.39 is 5.41 Å². The Morgan fingerprint density at radius 2 is 1.05 bits per heavy atom. The second kappa shape index (κ2) is 8.87. The third-order valence-electron chi connectivity index (χ3n) is 9.29. The van der Waals surface area contributed by atoms with Gasteiger partial charge in [-0.2, -0.15) is 0 Å². The quantitative estimate of drug-likeness (QED) is 0.259. The molecule has 8 rings (SSSR count). The van der Waals surface area contributed by atoms with Crippen molar-refractivity contribution in [2.45, 2.75) is 9.49 Å². The number of hydrogen-bond acceptors (Lipinski definition) is 3. The first-order valence-electron chi connectivity index (χ1n) is 13.8. The number of ketones is 1. The van der Waals surface area contributed by atoms with Gasteiger partial charge in [0.1, 0.15) is 0 Å². The predicted molar refractivity (Wildman–Crippen MR) is 165 cm³/mol. The Balaban J connectivity index is 1.51. The fourth-order valence-corrected chi connectivity index (χ4v) is 12.1. The minimum atomic E-state index is -0.418. The van der Waals surface area contributed by atoms with Crippen molar-refractivity contribution in [2.24, 2.45) is 17.8 Å². The monoisotopic (exact) mass is 540 g/mol. The van der Waals surface area contributed by atoms with Crippen molar-refractivity contribution in [1.29, 1.82) is 0 Å². The molecule has 1 aliphatic heterocycles. The predicted octanol–water partition coefficient (Wildman–Crippen LogP) is 8.25. The highest BCUT2D eigenvalue weighted by molar-refractivity contribution is 8.21. The summed E-state index contributed by atoms with van der Waals surface area (Å²) in [6, 6.07) is 43.6. The molecule has 1 nitrogen and oxygen atoms in total. The van der Waals surface area contributed by atoms with Crippen LogP contribution in [-0.2, 0) is 10.2 Å². The lowest BCUT2D eigenvalue weighted by atomic mass is 9.57. The van der Waals surface area contributed by atoms with Gasteiger partial charge in [0.25, 0.3) is 0 Å². The van der Waals surface area contributed by atoms with Gasteiger partial charge in [0, 0.05) is 34.7 Å². The van der Waals surface area contributed by atoms with Crippen LogP contribution in [0.1, 0.15) is 22.3 Å². The molecule has 3 aliphatic carbocycles. The highest BCUT2D eigenvalue weighted by Crippen LogP contribution is 2.82. The molecule has 4 aromatic carbocycles. The van der Waals surface area contributed by atoms with Gasteiger partial charge in [0.2, 0.25) is 0 Å². The Morgan fingerprint density at radius 3 is 1.62 bits per heavy atom. The Bertz CT molecular complexity index is 1620. The van der Waals surface area contributed by atoms with Crippen LogP contribution in [0, 0.1) is 17.8 Å². The molecule has 1 spiro atoms. The summed E-state index contributed by atoms with van der Waals surface area (Å²) in [5, 5.41) is 0.